The normalized spacial score (nSPS) is 9.85. The molecule has 0 fully saturated rings. The zero-order valence-electron chi connectivity index (χ0n) is 13.0. The molecule has 4 rings (SSSR count). The molecule has 0 aliphatic rings. The van der Waals surface area contributed by atoms with Crippen molar-refractivity contribution in [3.05, 3.63) is 48.5 Å². The zero-order chi connectivity index (χ0) is 18.5. The number of aromatic hydroxyl groups is 2. The number of aromatic nitrogens is 8. The summed E-state index contributed by atoms with van der Waals surface area (Å²) >= 11 is 8.10. The molecule has 0 bridgehead atoms. The number of phenols is 2. The third-order valence-electron chi connectivity index (χ3n) is 3.09. The van der Waals surface area contributed by atoms with E-state index >= 15 is 0 Å². The van der Waals surface area contributed by atoms with Gasteiger partial charge in [0.15, 0.2) is 0 Å². The van der Waals surface area contributed by atoms with Crippen LogP contribution in [0.3, 0.4) is 0 Å². The second kappa shape index (κ2) is 9.16. The highest BCUT2D eigenvalue weighted by Crippen LogP contribution is 2.15. The van der Waals surface area contributed by atoms with Crippen molar-refractivity contribution in [1.29, 1.82) is 0 Å². The van der Waals surface area contributed by atoms with Gasteiger partial charge in [0.05, 0.1) is 11.4 Å². The van der Waals surface area contributed by atoms with Crippen molar-refractivity contribution in [2.75, 3.05) is 0 Å². The number of thiol groups is 2. The van der Waals surface area contributed by atoms with E-state index in [-0.39, 0.29) is 22.5 Å². The van der Waals surface area contributed by atoms with Gasteiger partial charge in [0.25, 0.3) is 0 Å². The molecule has 4 aromatic rings. The first-order chi connectivity index (χ1) is 12.5. The van der Waals surface area contributed by atoms with Crippen LogP contribution in [0, 0.1) is 0 Å². The zero-order valence-corrected chi connectivity index (χ0v) is 14.8. The summed E-state index contributed by atoms with van der Waals surface area (Å²) in [5, 5.41) is 40.5. The highest BCUT2D eigenvalue weighted by Gasteiger charge is 2.03. The van der Waals surface area contributed by atoms with E-state index in [2.05, 4.69) is 56.3 Å². The summed E-state index contributed by atoms with van der Waals surface area (Å²) in [4.78, 5) is 0. The summed E-state index contributed by atoms with van der Waals surface area (Å²) in [5.74, 6) is 0.412. The van der Waals surface area contributed by atoms with Gasteiger partial charge in [0.1, 0.15) is 11.5 Å². The van der Waals surface area contributed by atoms with E-state index in [0.29, 0.717) is 10.3 Å². The van der Waals surface area contributed by atoms with Gasteiger partial charge in [-0.3, -0.25) is 0 Å². The number of phenolic OH excluding ortho intramolecular Hbond substituents is 2. The van der Waals surface area contributed by atoms with Crippen LogP contribution in [0.2, 0.25) is 0 Å². The maximum atomic E-state index is 9.04. The van der Waals surface area contributed by atoms with Gasteiger partial charge in [-0.1, -0.05) is 0 Å². The van der Waals surface area contributed by atoms with Crippen LogP contribution in [0.4, 0.5) is 0 Å². The lowest BCUT2D eigenvalue weighted by Gasteiger charge is -1.99. The molecule has 2 aromatic carbocycles. The fourth-order valence-electron chi connectivity index (χ4n) is 1.89. The minimum atomic E-state index is 0. The molecule has 140 valence electrons. The standard InChI is InChI=1S/2C7H6N4OS.H4Si/c2*12-6-3-1-5(2-4-6)11-7(13)8-9-10-11;/h2*1-4,12H,(H,8,10,13);1H4. The highest BCUT2D eigenvalue weighted by molar-refractivity contribution is 7.80. The lowest BCUT2D eigenvalue weighted by molar-refractivity contribution is 0.474. The van der Waals surface area contributed by atoms with E-state index in [1.807, 2.05) is 0 Å². The Labute approximate surface area is 168 Å². The summed E-state index contributed by atoms with van der Waals surface area (Å²) in [7, 11) is 0. The van der Waals surface area contributed by atoms with Crippen molar-refractivity contribution in [3.8, 4) is 22.9 Å². The smallest absolute Gasteiger partial charge is 0.211 e. The first kappa shape index (κ1) is 20.4. The number of tetrazole rings is 2. The molecular weight excluding hydrogens is 404 g/mol. The van der Waals surface area contributed by atoms with Crippen molar-refractivity contribution >= 4 is 36.2 Å². The van der Waals surface area contributed by atoms with Gasteiger partial charge in [-0.15, -0.1) is 35.5 Å². The van der Waals surface area contributed by atoms with Crippen LogP contribution in [0.15, 0.2) is 58.8 Å². The Balaban J connectivity index is 0.000000187. The fraction of sp³-hybridized carbons (Fsp3) is 0. The molecule has 27 heavy (non-hydrogen) atoms. The number of rotatable bonds is 2. The van der Waals surface area contributed by atoms with E-state index in [1.165, 1.54) is 9.36 Å². The van der Waals surface area contributed by atoms with Crippen molar-refractivity contribution < 1.29 is 10.2 Å². The third kappa shape index (κ3) is 5.05. The SMILES string of the molecule is Oc1ccc(-n2nnnc2S)cc1.Oc1ccc(-n2nnnc2S)cc1.[SiH4]. The van der Waals surface area contributed by atoms with Gasteiger partial charge in [-0.05, 0) is 80.3 Å². The maximum Gasteiger partial charge on any atom is 0.211 e. The van der Waals surface area contributed by atoms with E-state index < -0.39 is 0 Å². The van der Waals surface area contributed by atoms with Crippen LogP contribution in [-0.4, -0.2) is 61.6 Å². The van der Waals surface area contributed by atoms with E-state index in [0.717, 1.165) is 11.4 Å². The largest absolute Gasteiger partial charge is 0.508 e. The molecule has 0 saturated heterocycles. The monoisotopic (exact) mass is 420 g/mol. The Morgan fingerprint density at radius 3 is 1.22 bits per heavy atom. The van der Waals surface area contributed by atoms with Gasteiger partial charge >= 0.3 is 0 Å². The minimum Gasteiger partial charge on any atom is -0.508 e. The summed E-state index contributed by atoms with van der Waals surface area (Å²) < 4.78 is 2.92. The average molecular weight is 421 g/mol. The molecule has 2 aromatic heterocycles. The van der Waals surface area contributed by atoms with Crippen LogP contribution >= 0.6 is 25.3 Å². The summed E-state index contributed by atoms with van der Waals surface area (Å²) in [5.41, 5.74) is 1.51. The lowest BCUT2D eigenvalue weighted by atomic mass is 10.3. The minimum absolute atomic E-state index is 0. The Morgan fingerprint density at radius 1 is 0.630 bits per heavy atom. The molecule has 0 radical (unpaired) electrons. The van der Waals surface area contributed by atoms with Gasteiger partial charge in [-0.25, -0.2) is 0 Å². The van der Waals surface area contributed by atoms with Crippen molar-refractivity contribution in [2.24, 2.45) is 0 Å². The topological polar surface area (TPSA) is 128 Å². The second-order valence-corrected chi connectivity index (χ2v) is 5.61. The number of nitrogens with zero attached hydrogens (tertiary/aromatic N) is 8. The summed E-state index contributed by atoms with van der Waals surface area (Å²) in [6.07, 6.45) is 0. The molecule has 0 atom stereocenters. The molecule has 0 spiro atoms. The average Bonchev–Trinajstić information content (AvgIpc) is 3.25. The van der Waals surface area contributed by atoms with Crippen LogP contribution in [0.25, 0.3) is 11.4 Å². The molecule has 0 saturated carbocycles. The fourth-order valence-corrected chi connectivity index (χ4v) is 2.28. The predicted octanol–water partition coefficient (Wildman–Crippen LogP) is -0.138. The Hall–Kier alpha value is -2.90. The first-order valence-electron chi connectivity index (χ1n) is 7.08. The lowest BCUT2D eigenvalue weighted by Crippen LogP contribution is -1.96. The molecule has 2 N–H and O–H groups in total. The molecule has 0 amide bonds. The van der Waals surface area contributed by atoms with E-state index in [4.69, 9.17) is 10.2 Å². The Bertz CT molecular complexity index is 909. The molecule has 13 heteroatoms. The Morgan fingerprint density at radius 2 is 0.963 bits per heavy atom. The van der Waals surface area contributed by atoms with Gasteiger partial charge in [-0.2, -0.15) is 9.36 Å². The molecular formula is C14H16N8O2S2Si. The molecule has 0 aliphatic heterocycles. The molecule has 2 heterocycles. The molecule has 10 nitrogen and oxygen atoms in total. The summed E-state index contributed by atoms with van der Waals surface area (Å²) in [6, 6.07) is 13.0. The van der Waals surface area contributed by atoms with Crippen molar-refractivity contribution in [2.45, 2.75) is 10.3 Å². The third-order valence-corrected chi connectivity index (χ3v) is 3.65. The number of hydrogen-bond acceptors (Lipinski definition) is 10. The number of hydrogen-bond donors (Lipinski definition) is 4. The van der Waals surface area contributed by atoms with Gasteiger partial charge in [0, 0.05) is 0 Å². The van der Waals surface area contributed by atoms with Gasteiger partial charge in [0.2, 0.25) is 10.3 Å². The van der Waals surface area contributed by atoms with Crippen LogP contribution in [0.5, 0.6) is 11.5 Å². The van der Waals surface area contributed by atoms with Crippen LogP contribution in [0.1, 0.15) is 0 Å². The first-order valence-corrected chi connectivity index (χ1v) is 7.97. The van der Waals surface area contributed by atoms with Gasteiger partial charge < -0.3 is 10.2 Å². The quantitative estimate of drug-likeness (QED) is 0.261. The van der Waals surface area contributed by atoms with Crippen molar-refractivity contribution in [3.63, 3.8) is 0 Å². The number of benzene rings is 2. The highest BCUT2D eigenvalue weighted by atomic mass is 32.1. The predicted molar refractivity (Wildman–Crippen MR) is 107 cm³/mol. The van der Waals surface area contributed by atoms with Crippen LogP contribution < -0.4 is 0 Å². The molecule has 0 unspecified atom stereocenters. The molecule has 0 aliphatic carbocycles. The maximum absolute atomic E-state index is 9.04. The van der Waals surface area contributed by atoms with Crippen LogP contribution in [-0.2, 0) is 0 Å². The van der Waals surface area contributed by atoms with Crippen molar-refractivity contribution in [1.82, 2.24) is 40.4 Å². The van der Waals surface area contributed by atoms with E-state index in [1.54, 1.807) is 48.5 Å². The summed E-state index contributed by atoms with van der Waals surface area (Å²) in [6.45, 7) is 0. The Kier molecular flexibility index (Phi) is 6.92. The van der Waals surface area contributed by atoms with E-state index in [9.17, 15) is 0 Å². The second-order valence-electron chi connectivity index (χ2n) is 4.81.